The van der Waals surface area contributed by atoms with Crippen LogP contribution in [-0.2, 0) is 9.31 Å². The van der Waals surface area contributed by atoms with Crippen molar-refractivity contribution in [2.45, 2.75) is 38.9 Å². The molecule has 0 spiro atoms. The lowest BCUT2D eigenvalue weighted by Gasteiger charge is -2.32. The number of para-hydroxylation sites is 2. The van der Waals surface area contributed by atoms with Crippen molar-refractivity contribution in [3.8, 4) is 22.4 Å². The minimum absolute atomic E-state index is 0.408. The molecule has 4 nitrogen and oxygen atoms in total. The van der Waals surface area contributed by atoms with E-state index in [2.05, 4.69) is 129 Å². The zero-order valence-electron chi connectivity index (χ0n) is 22.1. The van der Waals surface area contributed by atoms with Gasteiger partial charge in [0.05, 0.1) is 27.9 Å². The van der Waals surface area contributed by atoms with Gasteiger partial charge in [0, 0.05) is 10.9 Å². The highest BCUT2D eigenvalue weighted by Crippen LogP contribution is 2.42. The molecule has 38 heavy (non-hydrogen) atoms. The molecule has 0 saturated carbocycles. The van der Waals surface area contributed by atoms with Gasteiger partial charge in [-0.15, -0.1) is 0 Å². The Bertz CT molecular complexity index is 1810. The Labute approximate surface area is 223 Å². The molecule has 1 aliphatic heterocycles. The molecule has 3 heterocycles. The fourth-order valence-corrected chi connectivity index (χ4v) is 5.53. The summed E-state index contributed by atoms with van der Waals surface area (Å²) in [5.74, 6) is 0. The van der Waals surface area contributed by atoms with E-state index < -0.39 is 18.3 Å². The zero-order valence-corrected chi connectivity index (χ0v) is 22.1. The molecule has 1 saturated heterocycles. The van der Waals surface area contributed by atoms with Crippen molar-refractivity contribution in [3.05, 3.63) is 103 Å². The van der Waals surface area contributed by atoms with Gasteiger partial charge < -0.3 is 9.31 Å². The number of hydrogen-bond donors (Lipinski definition) is 0. The second-order valence-corrected chi connectivity index (χ2v) is 11.1. The molecule has 0 amide bonds. The summed E-state index contributed by atoms with van der Waals surface area (Å²) in [6, 6.07) is 36.2. The number of fused-ring (bicyclic) bond motifs is 5. The van der Waals surface area contributed by atoms with Gasteiger partial charge in [-0.3, -0.25) is 4.40 Å². The van der Waals surface area contributed by atoms with Crippen LogP contribution in [0.4, 0.5) is 0 Å². The molecule has 7 rings (SSSR count). The molecular weight excluding hydrogens is 467 g/mol. The minimum atomic E-state index is -0.441. The second kappa shape index (κ2) is 8.29. The van der Waals surface area contributed by atoms with E-state index in [1.807, 2.05) is 6.07 Å². The first kappa shape index (κ1) is 23.2. The molecule has 1 fully saturated rings. The molecule has 0 atom stereocenters. The van der Waals surface area contributed by atoms with Gasteiger partial charge in [0.2, 0.25) is 0 Å². The van der Waals surface area contributed by atoms with E-state index in [1.54, 1.807) is 0 Å². The SMILES string of the molecule is CC1(C)OB(c2ccc3c(c2)c(-c2ccccc2)c(-c2ccccc2)n2c4ccccc4nc32)OC1(C)C. The van der Waals surface area contributed by atoms with Crippen molar-refractivity contribution in [2.24, 2.45) is 0 Å². The summed E-state index contributed by atoms with van der Waals surface area (Å²) in [4.78, 5) is 5.14. The van der Waals surface area contributed by atoms with Gasteiger partial charge in [-0.2, -0.15) is 0 Å². The van der Waals surface area contributed by atoms with Gasteiger partial charge in [0.15, 0.2) is 0 Å². The predicted octanol–water partition coefficient (Wildman–Crippen LogP) is 7.27. The molecule has 0 bridgehead atoms. The Hall–Kier alpha value is -3.93. The van der Waals surface area contributed by atoms with E-state index in [-0.39, 0.29) is 0 Å². The summed E-state index contributed by atoms with van der Waals surface area (Å²) in [5, 5.41) is 2.23. The van der Waals surface area contributed by atoms with Crippen LogP contribution < -0.4 is 5.46 Å². The van der Waals surface area contributed by atoms with Crippen LogP contribution in [0.15, 0.2) is 103 Å². The lowest BCUT2D eigenvalue weighted by Crippen LogP contribution is -2.41. The van der Waals surface area contributed by atoms with Crippen molar-refractivity contribution >= 4 is 40.0 Å². The zero-order chi connectivity index (χ0) is 26.1. The molecule has 5 heteroatoms. The third kappa shape index (κ3) is 3.43. The van der Waals surface area contributed by atoms with Crippen molar-refractivity contribution in [2.75, 3.05) is 0 Å². The number of imidazole rings is 1. The molecule has 0 radical (unpaired) electrons. The minimum Gasteiger partial charge on any atom is -0.399 e. The third-order valence-corrected chi connectivity index (χ3v) is 8.21. The van der Waals surface area contributed by atoms with Crippen LogP contribution in [0, 0.1) is 0 Å². The van der Waals surface area contributed by atoms with E-state index in [9.17, 15) is 0 Å². The highest BCUT2D eigenvalue weighted by Gasteiger charge is 2.51. The number of nitrogens with zero attached hydrogens (tertiary/aromatic N) is 2. The van der Waals surface area contributed by atoms with Crippen LogP contribution in [0.2, 0.25) is 0 Å². The molecule has 0 aliphatic carbocycles. The van der Waals surface area contributed by atoms with E-state index in [4.69, 9.17) is 14.3 Å². The number of rotatable bonds is 3. The van der Waals surface area contributed by atoms with Gasteiger partial charge in [-0.1, -0.05) is 91.0 Å². The number of hydrogen-bond acceptors (Lipinski definition) is 3. The molecule has 4 aromatic carbocycles. The first-order chi connectivity index (χ1) is 18.3. The average molecular weight is 496 g/mol. The van der Waals surface area contributed by atoms with Crippen LogP contribution in [0.5, 0.6) is 0 Å². The Morgan fingerprint density at radius 3 is 1.95 bits per heavy atom. The molecule has 0 N–H and O–H groups in total. The normalized spacial score (nSPS) is 16.6. The van der Waals surface area contributed by atoms with E-state index in [0.717, 1.165) is 49.7 Å². The topological polar surface area (TPSA) is 35.8 Å². The summed E-state index contributed by atoms with van der Waals surface area (Å²) >= 11 is 0. The smallest absolute Gasteiger partial charge is 0.399 e. The molecule has 0 unspecified atom stereocenters. The van der Waals surface area contributed by atoms with Crippen LogP contribution in [0.3, 0.4) is 0 Å². The summed E-state index contributed by atoms with van der Waals surface area (Å²) in [6.45, 7) is 8.38. The lowest BCUT2D eigenvalue weighted by molar-refractivity contribution is 0.00578. The summed E-state index contributed by atoms with van der Waals surface area (Å²) in [6.07, 6.45) is 0. The maximum absolute atomic E-state index is 6.45. The molecular formula is C33H29BN2O2. The largest absolute Gasteiger partial charge is 0.494 e. The second-order valence-electron chi connectivity index (χ2n) is 11.1. The average Bonchev–Trinajstić information content (AvgIpc) is 3.42. The Balaban J connectivity index is 1.62. The maximum Gasteiger partial charge on any atom is 0.494 e. The lowest BCUT2D eigenvalue weighted by atomic mass is 9.77. The monoisotopic (exact) mass is 496 g/mol. The molecule has 6 aromatic rings. The van der Waals surface area contributed by atoms with Crippen LogP contribution in [0.25, 0.3) is 49.8 Å². The quantitative estimate of drug-likeness (QED) is 0.242. The molecule has 2 aromatic heterocycles. The van der Waals surface area contributed by atoms with Gasteiger partial charge >= 0.3 is 7.12 Å². The fourth-order valence-electron chi connectivity index (χ4n) is 5.53. The number of aromatic nitrogens is 2. The van der Waals surface area contributed by atoms with Gasteiger partial charge in [0.25, 0.3) is 0 Å². The summed E-state index contributed by atoms with van der Waals surface area (Å²) in [5.41, 5.74) is 7.79. The fraction of sp³-hybridized carbons (Fsp3) is 0.182. The Morgan fingerprint density at radius 1 is 0.658 bits per heavy atom. The van der Waals surface area contributed by atoms with Gasteiger partial charge in [0.1, 0.15) is 5.65 Å². The Morgan fingerprint density at radius 2 is 1.26 bits per heavy atom. The highest BCUT2D eigenvalue weighted by molar-refractivity contribution is 6.62. The van der Waals surface area contributed by atoms with E-state index in [1.165, 1.54) is 5.56 Å². The van der Waals surface area contributed by atoms with Crippen molar-refractivity contribution in [3.63, 3.8) is 0 Å². The van der Waals surface area contributed by atoms with E-state index >= 15 is 0 Å². The van der Waals surface area contributed by atoms with Crippen molar-refractivity contribution in [1.29, 1.82) is 0 Å². The van der Waals surface area contributed by atoms with Gasteiger partial charge in [-0.25, -0.2) is 4.98 Å². The number of benzene rings is 4. The van der Waals surface area contributed by atoms with Crippen LogP contribution in [0.1, 0.15) is 27.7 Å². The summed E-state index contributed by atoms with van der Waals surface area (Å²) < 4.78 is 15.2. The maximum atomic E-state index is 6.45. The number of pyridine rings is 1. The van der Waals surface area contributed by atoms with Crippen molar-refractivity contribution in [1.82, 2.24) is 9.38 Å². The van der Waals surface area contributed by atoms with Crippen LogP contribution in [-0.4, -0.2) is 27.7 Å². The first-order valence-corrected chi connectivity index (χ1v) is 13.2. The Kier molecular flexibility index (Phi) is 5.06. The standard InChI is InChI=1S/C33H29BN2O2/c1-32(2)33(3,4)38-34(37-32)24-19-20-25-26(21-24)29(22-13-7-5-8-14-22)30(23-15-9-6-10-16-23)36-28-18-12-11-17-27(28)35-31(25)36/h5-21H,1-4H3. The highest BCUT2D eigenvalue weighted by atomic mass is 16.7. The first-order valence-electron chi connectivity index (χ1n) is 13.2. The summed E-state index contributed by atoms with van der Waals surface area (Å²) in [7, 11) is -0.441. The molecule has 1 aliphatic rings. The predicted molar refractivity (Wildman–Crippen MR) is 157 cm³/mol. The van der Waals surface area contributed by atoms with E-state index in [0.29, 0.717) is 0 Å². The van der Waals surface area contributed by atoms with Gasteiger partial charge in [-0.05, 0) is 61.8 Å². The van der Waals surface area contributed by atoms with Crippen molar-refractivity contribution < 1.29 is 9.31 Å². The molecule has 186 valence electrons. The third-order valence-electron chi connectivity index (χ3n) is 8.21. The van der Waals surface area contributed by atoms with Crippen LogP contribution >= 0.6 is 0 Å².